The van der Waals surface area contributed by atoms with E-state index in [1.807, 2.05) is 0 Å². The molecule has 1 aromatic carbocycles. The maximum absolute atomic E-state index is 12.1. The lowest BCUT2D eigenvalue weighted by Gasteiger charge is -1.96. The van der Waals surface area contributed by atoms with Gasteiger partial charge < -0.3 is 0 Å². The Hall–Kier alpha value is -1.99. The number of hydrogen-bond donors (Lipinski definition) is 0. The van der Waals surface area contributed by atoms with Crippen LogP contribution in [0.4, 0.5) is 5.69 Å². The van der Waals surface area contributed by atoms with Gasteiger partial charge in [-0.1, -0.05) is 29.0 Å². The lowest BCUT2D eigenvalue weighted by molar-refractivity contribution is -0.384. The Morgan fingerprint density at radius 3 is 3.00 bits per heavy atom. The van der Waals surface area contributed by atoms with Crippen LogP contribution in [-0.2, 0) is 6.54 Å². The monoisotopic (exact) mass is 309 g/mol. The zero-order valence-corrected chi connectivity index (χ0v) is 11.6. The summed E-state index contributed by atoms with van der Waals surface area (Å²) in [6.07, 6.45) is 1.62. The van der Waals surface area contributed by atoms with E-state index < -0.39 is 4.92 Å². The van der Waals surface area contributed by atoms with E-state index in [2.05, 4.69) is 4.99 Å². The molecule has 0 saturated heterocycles. The van der Waals surface area contributed by atoms with Gasteiger partial charge >= 0.3 is 0 Å². The molecule has 2 aromatic rings. The largest absolute Gasteiger partial charge is 0.288 e. The highest BCUT2D eigenvalue weighted by atomic mass is 35.5. The van der Waals surface area contributed by atoms with Gasteiger partial charge in [-0.15, -0.1) is 0 Å². The van der Waals surface area contributed by atoms with Crippen LogP contribution in [0.1, 0.15) is 5.56 Å². The van der Waals surface area contributed by atoms with Crippen LogP contribution in [0.5, 0.6) is 0 Å². The molecule has 1 aromatic heterocycles. The normalized spacial score (nSPS) is 14.2. The summed E-state index contributed by atoms with van der Waals surface area (Å²) in [5, 5.41) is 10.9. The lowest BCUT2D eigenvalue weighted by Crippen LogP contribution is -2.29. The third-order valence-corrected chi connectivity index (χ3v) is 4.29. The molecule has 0 fully saturated rings. The summed E-state index contributed by atoms with van der Waals surface area (Å²) in [7, 11) is 0. The number of rotatable bonds is 2. The molecular formula is C12H8ClN3O3S. The minimum atomic E-state index is -0.545. The summed E-state index contributed by atoms with van der Waals surface area (Å²) in [5.41, 5.74) is 0.289. The summed E-state index contributed by atoms with van der Waals surface area (Å²) >= 11 is 7.04. The molecule has 3 rings (SSSR count). The minimum absolute atomic E-state index is 0.0764. The fourth-order valence-electron chi connectivity index (χ4n) is 1.98. The lowest BCUT2D eigenvalue weighted by atomic mass is 10.2. The van der Waals surface area contributed by atoms with Gasteiger partial charge in [-0.25, -0.2) is 0 Å². The molecule has 102 valence electrons. The fourth-order valence-corrected chi connectivity index (χ4v) is 3.20. The fraction of sp³-hybridized carbons (Fsp3) is 0.167. The summed E-state index contributed by atoms with van der Waals surface area (Å²) in [6, 6.07) is 4.45. The predicted molar refractivity (Wildman–Crippen MR) is 75.9 cm³/mol. The van der Waals surface area contributed by atoms with Crippen LogP contribution in [0, 0.1) is 10.1 Å². The van der Waals surface area contributed by atoms with Gasteiger partial charge in [0, 0.05) is 12.6 Å². The topological polar surface area (TPSA) is 77.5 Å². The average molecular weight is 310 g/mol. The highest BCUT2D eigenvalue weighted by Crippen LogP contribution is 2.25. The molecule has 0 bridgehead atoms. The van der Waals surface area contributed by atoms with Crippen LogP contribution in [0.2, 0.25) is 5.02 Å². The Balaban J connectivity index is 2.16. The summed E-state index contributed by atoms with van der Waals surface area (Å²) < 4.78 is 2.13. The van der Waals surface area contributed by atoms with Crippen molar-refractivity contribution in [2.75, 3.05) is 6.54 Å². The number of hydrogen-bond acceptors (Lipinski definition) is 5. The first kappa shape index (κ1) is 13.0. The highest BCUT2D eigenvalue weighted by molar-refractivity contribution is 7.07. The second kappa shape index (κ2) is 4.84. The van der Waals surface area contributed by atoms with Crippen molar-refractivity contribution in [1.82, 2.24) is 4.57 Å². The molecular weight excluding hydrogens is 302 g/mol. The van der Waals surface area contributed by atoms with Crippen LogP contribution >= 0.6 is 22.9 Å². The maximum Gasteiger partial charge on any atom is 0.288 e. The third-order valence-electron chi connectivity index (χ3n) is 2.92. The number of nitrogens with zero attached hydrogens (tertiary/aromatic N) is 3. The van der Waals surface area contributed by atoms with Gasteiger partial charge in [0.25, 0.3) is 11.2 Å². The van der Waals surface area contributed by atoms with E-state index in [0.717, 1.165) is 0 Å². The van der Waals surface area contributed by atoms with E-state index in [0.29, 0.717) is 28.0 Å². The van der Waals surface area contributed by atoms with Crippen LogP contribution in [-0.4, -0.2) is 16.0 Å². The Morgan fingerprint density at radius 2 is 2.30 bits per heavy atom. The summed E-state index contributed by atoms with van der Waals surface area (Å²) in [4.78, 5) is 27.3. The molecule has 0 atom stereocenters. The van der Waals surface area contributed by atoms with Crippen molar-refractivity contribution in [1.29, 1.82) is 0 Å². The van der Waals surface area contributed by atoms with Crippen molar-refractivity contribution in [2.24, 2.45) is 4.99 Å². The Kier molecular flexibility index (Phi) is 3.15. The zero-order chi connectivity index (χ0) is 14.3. The second-order valence-electron chi connectivity index (χ2n) is 4.20. The van der Waals surface area contributed by atoms with Crippen molar-refractivity contribution in [3.05, 3.63) is 58.6 Å². The Morgan fingerprint density at radius 1 is 1.50 bits per heavy atom. The first-order chi connectivity index (χ1) is 9.56. The standard InChI is InChI=1S/C12H8ClN3O3S/c13-8-2-1-7(5-9(8)16(18)19)6-10-11(17)15-4-3-14-12(15)20-10/h1-2,5-6H,3-4H2/b10-6+. The van der Waals surface area contributed by atoms with E-state index in [9.17, 15) is 14.9 Å². The van der Waals surface area contributed by atoms with E-state index in [1.54, 1.807) is 16.7 Å². The number of thiazole rings is 1. The molecule has 1 aliphatic heterocycles. The number of halogens is 1. The molecule has 2 heterocycles. The number of nitro groups is 1. The molecule has 0 aliphatic carbocycles. The Bertz CT molecular complexity index is 884. The van der Waals surface area contributed by atoms with Crippen molar-refractivity contribution < 1.29 is 4.92 Å². The second-order valence-corrected chi connectivity index (χ2v) is 5.62. The molecule has 20 heavy (non-hydrogen) atoms. The maximum atomic E-state index is 12.1. The zero-order valence-electron chi connectivity index (χ0n) is 10.1. The van der Waals surface area contributed by atoms with Crippen LogP contribution in [0.15, 0.2) is 28.0 Å². The molecule has 8 heteroatoms. The molecule has 0 radical (unpaired) electrons. The summed E-state index contributed by atoms with van der Waals surface area (Å²) in [5.74, 6) is 0. The van der Waals surface area contributed by atoms with Gasteiger partial charge in [0.15, 0.2) is 4.80 Å². The number of nitro benzene ring substituents is 1. The van der Waals surface area contributed by atoms with Gasteiger partial charge in [-0.3, -0.25) is 24.5 Å². The molecule has 0 spiro atoms. The number of benzene rings is 1. The van der Waals surface area contributed by atoms with E-state index in [1.165, 1.54) is 23.5 Å². The number of fused-ring (bicyclic) bond motifs is 1. The SMILES string of the molecule is O=c1/c(=C\c2ccc(Cl)c([N+](=O)[O-])c2)sc2n1CCN=2. The molecule has 6 nitrogen and oxygen atoms in total. The molecule has 1 aliphatic rings. The smallest absolute Gasteiger partial charge is 0.282 e. The quantitative estimate of drug-likeness (QED) is 0.611. The van der Waals surface area contributed by atoms with Gasteiger partial charge in [-0.2, -0.15) is 0 Å². The van der Waals surface area contributed by atoms with Crippen molar-refractivity contribution in [3.8, 4) is 0 Å². The van der Waals surface area contributed by atoms with E-state index in [-0.39, 0.29) is 16.3 Å². The average Bonchev–Trinajstić information content (AvgIpc) is 2.96. The first-order valence-corrected chi connectivity index (χ1v) is 6.95. The summed E-state index contributed by atoms with van der Waals surface area (Å²) in [6.45, 7) is 1.23. The molecule has 0 unspecified atom stereocenters. The third kappa shape index (κ3) is 2.14. The highest BCUT2D eigenvalue weighted by Gasteiger charge is 2.13. The van der Waals surface area contributed by atoms with Gasteiger partial charge in [0.2, 0.25) is 0 Å². The van der Waals surface area contributed by atoms with Crippen LogP contribution in [0.25, 0.3) is 6.08 Å². The molecule has 0 saturated carbocycles. The van der Waals surface area contributed by atoms with Crippen LogP contribution < -0.4 is 14.9 Å². The predicted octanol–water partition coefficient (Wildman–Crippen LogP) is 0.933. The van der Waals surface area contributed by atoms with Crippen molar-refractivity contribution in [2.45, 2.75) is 6.54 Å². The molecule has 0 N–H and O–H groups in total. The first-order valence-electron chi connectivity index (χ1n) is 5.76. The Labute approximate surface area is 121 Å². The van der Waals surface area contributed by atoms with Gasteiger partial charge in [-0.05, 0) is 17.7 Å². The van der Waals surface area contributed by atoms with Crippen molar-refractivity contribution >= 4 is 34.7 Å². The van der Waals surface area contributed by atoms with E-state index in [4.69, 9.17) is 11.6 Å². The van der Waals surface area contributed by atoms with Gasteiger partial charge in [0.1, 0.15) is 5.02 Å². The molecule has 0 amide bonds. The number of aromatic nitrogens is 1. The van der Waals surface area contributed by atoms with Gasteiger partial charge in [0.05, 0.1) is 16.0 Å². The van der Waals surface area contributed by atoms with E-state index >= 15 is 0 Å². The minimum Gasteiger partial charge on any atom is -0.282 e. The van der Waals surface area contributed by atoms with Crippen molar-refractivity contribution in [3.63, 3.8) is 0 Å². The van der Waals surface area contributed by atoms with Crippen LogP contribution in [0.3, 0.4) is 0 Å².